The van der Waals surface area contributed by atoms with Crippen LogP contribution < -0.4 is 0 Å². The van der Waals surface area contributed by atoms with E-state index in [2.05, 4.69) is 5.10 Å². The van der Waals surface area contributed by atoms with Gasteiger partial charge in [-0.25, -0.2) is 9.48 Å². The molecule has 112 valence electrons. The number of aromatic nitrogens is 2. The van der Waals surface area contributed by atoms with E-state index in [0.29, 0.717) is 25.0 Å². The summed E-state index contributed by atoms with van der Waals surface area (Å²) >= 11 is 0. The predicted molar refractivity (Wildman–Crippen MR) is 76.6 cm³/mol. The van der Waals surface area contributed by atoms with Crippen molar-refractivity contribution in [2.45, 2.75) is 19.4 Å². The van der Waals surface area contributed by atoms with Crippen LogP contribution in [-0.2, 0) is 17.8 Å². The minimum absolute atomic E-state index is 0.0184. The molecule has 0 bridgehead atoms. The van der Waals surface area contributed by atoms with E-state index in [1.54, 1.807) is 18.0 Å². The number of nitrogens with zero attached hydrogens (tertiary/aromatic N) is 2. The first kappa shape index (κ1) is 15.2. The largest absolute Gasteiger partial charge is 0.476 e. The van der Waals surface area contributed by atoms with Gasteiger partial charge in [-0.3, -0.25) is 0 Å². The number of carboxylic acids is 1. The number of hydrogen-bond acceptors (Lipinski definition) is 4. The average Bonchev–Trinajstić information content (AvgIpc) is 2.90. The Hall–Kier alpha value is -2.18. The van der Waals surface area contributed by atoms with Crippen molar-refractivity contribution >= 4 is 5.97 Å². The molecule has 0 aliphatic heterocycles. The number of aliphatic hydroxyl groups excluding tert-OH is 1. The van der Waals surface area contributed by atoms with Crippen molar-refractivity contribution in [3.8, 4) is 5.69 Å². The van der Waals surface area contributed by atoms with Crippen LogP contribution in [0.2, 0.25) is 0 Å². The Kier molecular flexibility index (Phi) is 5.08. The van der Waals surface area contributed by atoms with Gasteiger partial charge < -0.3 is 14.9 Å². The standard InChI is InChI=1S/C15H18N2O4/c1-21-10-12-5-2-3-7-13(12)17-9-11(6-4-8-18)14(16-17)15(19)20/h2-3,5,7,9,18H,4,6,8,10H2,1H3,(H,19,20). The molecule has 0 saturated carbocycles. The number of ether oxygens (including phenoxy) is 1. The fourth-order valence-corrected chi connectivity index (χ4v) is 2.18. The number of carbonyl (C=O) groups is 1. The van der Waals surface area contributed by atoms with Gasteiger partial charge in [0.15, 0.2) is 5.69 Å². The molecule has 6 heteroatoms. The topological polar surface area (TPSA) is 84.6 Å². The molecule has 2 N–H and O–H groups in total. The van der Waals surface area contributed by atoms with Crippen LogP contribution in [0, 0.1) is 0 Å². The smallest absolute Gasteiger partial charge is 0.356 e. The second kappa shape index (κ2) is 7.01. The zero-order valence-electron chi connectivity index (χ0n) is 11.8. The van der Waals surface area contributed by atoms with Gasteiger partial charge in [0.25, 0.3) is 0 Å². The number of aromatic carboxylic acids is 1. The lowest BCUT2D eigenvalue weighted by atomic mass is 10.1. The van der Waals surface area contributed by atoms with Crippen molar-refractivity contribution in [3.05, 3.63) is 47.3 Å². The molecule has 1 aromatic heterocycles. The summed E-state index contributed by atoms with van der Waals surface area (Å²) in [4.78, 5) is 11.3. The van der Waals surface area contributed by atoms with Gasteiger partial charge in [0, 0.05) is 31.0 Å². The molecule has 21 heavy (non-hydrogen) atoms. The van der Waals surface area contributed by atoms with Gasteiger partial charge in [0.2, 0.25) is 0 Å². The summed E-state index contributed by atoms with van der Waals surface area (Å²) in [5.74, 6) is -1.06. The maximum absolute atomic E-state index is 11.3. The first-order chi connectivity index (χ1) is 10.2. The summed E-state index contributed by atoms with van der Waals surface area (Å²) in [7, 11) is 1.61. The molecule has 6 nitrogen and oxygen atoms in total. The fraction of sp³-hybridized carbons (Fsp3) is 0.333. The normalized spacial score (nSPS) is 10.8. The highest BCUT2D eigenvalue weighted by Gasteiger charge is 2.17. The maximum Gasteiger partial charge on any atom is 0.356 e. The number of carboxylic acid groups (broad SMARTS) is 1. The molecule has 2 rings (SSSR count). The van der Waals surface area contributed by atoms with E-state index in [9.17, 15) is 9.90 Å². The number of rotatable bonds is 7. The summed E-state index contributed by atoms with van der Waals surface area (Å²) in [6.45, 7) is 0.439. The molecule has 1 aromatic carbocycles. The van der Waals surface area contributed by atoms with Gasteiger partial charge in [-0.15, -0.1) is 0 Å². The van der Waals surface area contributed by atoms with Crippen LogP contribution in [0.25, 0.3) is 5.69 Å². The molecule has 0 aliphatic carbocycles. The molecular formula is C15H18N2O4. The summed E-state index contributed by atoms with van der Waals surface area (Å²) in [5, 5.41) is 22.3. The van der Waals surface area contributed by atoms with E-state index in [4.69, 9.17) is 9.84 Å². The van der Waals surface area contributed by atoms with Crippen molar-refractivity contribution < 1.29 is 19.7 Å². The second-order valence-electron chi connectivity index (χ2n) is 4.64. The first-order valence-corrected chi connectivity index (χ1v) is 6.67. The monoisotopic (exact) mass is 290 g/mol. The van der Waals surface area contributed by atoms with Gasteiger partial charge >= 0.3 is 5.97 Å². The Morgan fingerprint density at radius 2 is 2.10 bits per heavy atom. The Morgan fingerprint density at radius 1 is 1.33 bits per heavy atom. The van der Waals surface area contributed by atoms with Crippen molar-refractivity contribution in [3.63, 3.8) is 0 Å². The Bertz CT molecular complexity index is 622. The highest BCUT2D eigenvalue weighted by molar-refractivity contribution is 5.87. The summed E-state index contributed by atoms with van der Waals surface area (Å²) < 4.78 is 6.71. The number of aliphatic hydroxyl groups is 1. The fourth-order valence-electron chi connectivity index (χ4n) is 2.18. The van der Waals surface area contributed by atoms with E-state index in [1.807, 2.05) is 24.3 Å². The van der Waals surface area contributed by atoms with E-state index in [0.717, 1.165) is 11.3 Å². The lowest BCUT2D eigenvalue weighted by Crippen LogP contribution is -2.05. The van der Waals surface area contributed by atoms with Crippen LogP contribution in [0.4, 0.5) is 0 Å². The number of hydrogen-bond donors (Lipinski definition) is 2. The lowest BCUT2D eigenvalue weighted by molar-refractivity contribution is 0.0688. The molecule has 0 amide bonds. The third kappa shape index (κ3) is 3.48. The van der Waals surface area contributed by atoms with Gasteiger partial charge in [-0.05, 0) is 18.9 Å². The van der Waals surface area contributed by atoms with E-state index in [-0.39, 0.29) is 12.3 Å². The molecule has 0 radical (unpaired) electrons. The Labute approximate surface area is 122 Å². The average molecular weight is 290 g/mol. The van der Waals surface area contributed by atoms with Gasteiger partial charge in [0.1, 0.15) is 0 Å². The molecule has 0 atom stereocenters. The molecule has 0 fully saturated rings. The zero-order chi connectivity index (χ0) is 15.2. The van der Waals surface area contributed by atoms with Crippen LogP contribution in [0.5, 0.6) is 0 Å². The molecule has 1 heterocycles. The highest BCUT2D eigenvalue weighted by atomic mass is 16.5. The van der Waals surface area contributed by atoms with Crippen LogP contribution in [0.1, 0.15) is 28.0 Å². The Balaban J connectivity index is 2.42. The third-order valence-electron chi connectivity index (χ3n) is 3.14. The van der Waals surface area contributed by atoms with E-state index in [1.165, 1.54) is 0 Å². The number of methoxy groups -OCH3 is 1. The number of aryl methyl sites for hydroxylation is 1. The minimum atomic E-state index is -1.06. The molecule has 0 unspecified atom stereocenters. The summed E-state index contributed by atoms with van der Waals surface area (Å²) in [6.07, 6.45) is 2.68. The van der Waals surface area contributed by atoms with Crippen molar-refractivity contribution in [2.24, 2.45) is 0 Å². The summed E-state index contributed by atoms with van der Waals surface area (Å²) in [5.41, 5.74) is 2.35. The van der Waals surface area contributed by atoms with Crippen LogP contribution in [0.15, 0.2) is 30.5 Å². The van der Waals surface area contributed by atoms with Crippen LogP contribution in [0.3, 0.4) is 0 Å². The van der Waals surface area contributed by atoms with Gasteiger partial charge in [-0.2, -0.15) is 5.10 Å². The van der Waals surface area contributed by atoms with Crippen molar-refractivity contribution in [1.82, 2.24) is 9.78 Å². The second-order valence-corrected chi connectivity index (χ2v) is 4.64. The molecule has 0 aliphatic rings. The predicted octanol–water partition coefficient (Wildman–Crippen LogP) is 1.64. The van der Waals surface area contributed by atoms with E-state index >= 15 is 0 Å². The highest BCUT2D eigenvalue weighted by Crippen LogP contribution is 2.18. The van der Waals surface area contributed by atoms with Crippen LogP contribution in [-0.4, -0.2) is 39.7 Å². The summed E-state index contributed by atoms with van der Waals surface area (Å²) in [6, 6.07) is 7.54. The SMILES string of the molecule is COCc1ccccc1-n1cc(CCCO)c(C(=O)O)n1. The Morgan fingerprint density at radius 3 is 2.76 bits per heavy atom. The zero-order valence-corrected chi connectivity index (χ0v) is 11.8. The third-order valence-corrected chi connectivity index (χ3v) is 3.14. The van der Waals surface area contributed by atoms with E-state index < -0.39 is 5.97 Å². The quantitative estimate of drug-likeness (QED) is 0.810. The maximum atomic E-state index is 11.3. The number of benzene rings is 1. The number of para-hydroxylation sites is 1. The molecule has 2 aromatic rings. The van der Waals surface area contributed by atoms with Gasteiger partial charge in [-0.1, -0.05) is 18.2 Å². The molecule has 0 spiro atoms. The van der Waals surface area contributed by atoms with Crippen LogP contribution >= 0.6 is 0 Å². The minimum Gasteiger partial charge on any atom is -0.476 e. The van der Waals surface area contributed by atoms with Crippen molar-refractivity contribution in [2.75, 3.05) is 13.7 Å². The van der Waals surface area contributed by atoms with Crippen molar-refractivity contribution in [1.29, 1.82) is 0 Å². The molecule has 0 saturated heterocycles. The lowest BCUT2D eigenvalue weighted by Gasteiger charge is -2.08. The van der Waals surface area contributed by atoms with Gasteiger partial charge in [0.05, 0.1) is 12.3 Å². The molecular weight excluding hydrogens is 272 g/mol. The first-order valence-electron chi connectivity index (χ1n) is 6.67.